The van der Waals surface area contributed by atoms with Gasteiger partial charge in [0.2, 0.25) is 0 Å². The van der Waals surface area contributed by atoms with Gasteiger partial charge in [-0.05, 0) is 48.1 Å². The first-order chi connectivity index (χ1) is 10.7. The Morgan fingerprint density at radius 2 is 2.23 bits per heavy atom. The zero-order valence-corrected chi connectivity index (χ0v) is 13.1. The lowest BCUT2D eigenvalue weighted by atomic mass is 10.1. The second kappa shape index (κ2) is 5.84. The van der Waals surface area contributed by atoms with Gasteiger partial charge in [-0.1, -0.05) is 11.4 Å². The molecule has 1 amide bonds. The number of aryl methyl sites for hydroxylation is 1. The van der Waals surface area contributed by atoms with Crippen LogP contribution < -0.4 is 4.90 Å². The second-order valence-corrected chi connectivity index (χ2v) is 5.70. The van der Waals surface area contributed by atoms with Crippen LogP contribution in [0.2, 0.25) is 0 Å². The van der Waals surface area contributed by atoms with Crippen LogP contribution in [0.25, 0.3) is 0 Å². The second-order valence-electron chi connectivity index (χ2n) is 4.94. The minimum atomic E-state index is -0.368. The van der Waals surface area contributed by atoms with Crippen molar-refractivity contribution in [3.8, 4) is 0 Å². The van der Waals surface area contributed by atoms with Crippen LogP contribution in [-0.2, 0) is 17.6 Å². The Morgan fingerprint density at radius 1 is 1.41 bits per heavy atom. The van der Waals surface area contributed by atoms with E-state index in [0.717, 1.165) is 34.9 Å². The number of ether oxygens (including phenoxy) is 1. The van der Waals surface area contributed by atoms with Crippen LogP contribution in [0.15, 0.2) is 18.2 Å². The van der Waals surface area contributed by atoms with Gasteiger partial charge in [-0.25, -0.2) is 4.79 Å². The lowest BCUT2D eigenvalue weighted by molar-refractivity contribution is 0.0600. The van der Waals surface area contributed by atoms with Crippen molar-refractivity contribution in [2.45, 2.75) is 19.8 Å². The highest BCUT2D eigenvalue weighted by molar-refractivity contribution is 7.08. The number of carbonyl (C=O) groups excluding carboxylic acids is 2. The van der Waals surface area contributed by atoms with E-state index in [0.29, 0.717) is 23.4 Å². The van der Waals surface area contributed by atoms with E-state index >= 15 is 0 Å². The number of hydrogen-bond donors (Lipinski definition) is 0. The smallest absolute Gasteiger partial charge is 0.337 e. The van der Waals surface area contributed by atoms with Crippen LogP contribution in [0, 0.1) is 0 Å². The average molecular weight is 317 g/mol. The van der Waals surface area contributed by atoms with Gasteiger partial charge in [-0.3, -0.25) is 4.79 Å². The first kappa shape index (κ1) is 14.6. The van der Waals surface area contributed by atoms with Crippen molar-refractivity contribution in [2.75, 3.05) is 18.6 Å². The van der Waals surface area contributed by atoms with Crippen LogP contribution in [0.3, 0.4) is 0 Å². The van der Waals surface area contributed by atoms with Gasteiger partial charge in [0.1, 0.15) is 4.88 Å². The molecule has 0 radical (unpaired) electrons. The van der Waals surface area contributed by atoms with Crippen LogP contribution in [0.1, 0.15) is 38.2 Å². The molecular weight excluding hydrogens is 302 g/mol. The zero-order valence-electron chi connectivity index (χ0n) is 12.3. The van der Waals surface area contributed by atoms with Crippen molar-refractivity contribution in [1.29, 1.82) is 0 Å². The number of nitrogens with zero attached hydrogens (tertiary/aromatic N) is 3. The summed E-state index contributed by atoms with van der Waals surface area (Å²) in [4.78, 5) is 26.6. The number of aromatic nitrogens is 2. The predicted octanol–water partition coefficient (Wildman–Crippen LogP) is 2.09. The maximum atomic E-state index is 12.7. The Bertz CT molecular complexity index is 741. The molecule has 0 saturated heterocycles. The summed E-state index contributed by atoms with van der Waals surface area (Å²) in [5.41, 5.74) is 3.05. The molecule has 114 valence electrons. The van der Waals surface area contributed by atoms with Crippen LogP contribution in [0.5, 0.6) is 0 Å². The third-order valence-electron chi connectivity index (χ3n) is 3.73. The van der Waals surface area contributed by atoms with Crippen LogP contribution >= 0.6 is 11.5 Å². The molecule has 0 aliphatic carbocycles. The Hall–Kier alpha value is -2.28. The number of esters is 1. The standard InChI is InChI=1S/C15H15N3O3S/c1-3-11-13(22-17-16-11)14(19)18-7-6-9-8-10(15(20)21-2)4-5-12(9)18/h4-5,8H,3,6-7H2,1-2H3. The Labute approximate surface area is 131 Å². The molecule has 1 aromatic heterocycles. The first-order valence-electron chi connectivity index (χ1n) is 7.00. The molecule has 2 aromatic rings. The number of methoxy groups -OCH3 is 1. The van der Waals surface area contributed by atoms with Crippen LogP contribution in [-0.4, -0.2) is 35.1 Å². The molecular formula is C15H15N3O3S. The van der Waals surface area contributed by atoms with Crippen molar-refractivity contribution in [3.63, 3.8) is 0 Å². The van der Waals surface area contributed by atoms with E-state index in [1.165, 1.54) is 7.11 Å². The first-order valence-corrected chi connectivity index (χ1v) is 7.77. The minimum Gasteiger partial charge on any atom is -0.465 e. The topological polar surface area (TPSA) is 72.4 Å². The average Bonchev–Trinajstić information content (AvgIpc) is 3.19. The molecule has 0 unspecified atom stereocenters. The molecule has 7 heteroatoms. The summed E-state index contributed by atoms with van der Waals surface area (Å²) in [5, 5.41) is 3.99. The van der Waals surface area contributed by atoms with Crippen molar-refractivity contribution < 1.29 is 14.3 Å². The molecule has 0 spiro atoms. The summed E-state index contributed by atoms with van der Waals surface area (Å²) in [6.07, 6.45) is 1.40. The SMILES string of the molecule is CCc1nnsc1C(=O)N1CCc2cc(C(=O)OC)ccc21. The Morgan fingerprint density at radius 3 is 2.95 bits per heavy atom. The van der Waals surface area contributed by atoms with Crippen molar-refractivity contribution in [2.24, 2.45) is 0 Å². The van der Waals surface area contributed by atoms with E-state index in [9.17, 15) is 9.59 Å². The fourth-order valence-corrected chi connectivity index (χ4v) is 3.28. The maximum absolute atomic E-state index is 12.7. The number of hydrogen-bond acceptors (Lipinski definition) is 6. The molecule has 0 fully saturated rings. The summed E-state index contributed by atoms with van der Waals surface area (Å²) in [6, 6.07) is 5.27. The van der Waals surface area contributed by atoms with E-state index in [1.807, 2.05) is 6.92 Å². The summed E-state index contributed by atoms with van der Waals surface area (Å²) in [5.74, 6) is -0.441. The van der Waals surface area contributed by atoms with Gasteiger partial charge in [0.25, 0.3) is 5.91 Å². The Kier molecular flexibility index (Phi) is 3.89. The molecule has 0 N–H and O–H groups in total. The van der Waals surface area contributed by atoms with E-state index < -0.39 is 0 Å². The number of rotatable bonds is 3. The van der Waals surface area contributed by atoms with Gasteiger partial charge in [0.05, 0.1) is 18.4 Å². The van der Waals surface area contributed by atoms with Crippen LogP contribution in [0.4, 0.5) is 5.69 Å². The molecule has 6 nitrogen and oxygen atoms in total. The largest absolute Gasteiger partial charge is 0.465 e. The lowest BCUT2D eigenvalue weighted by Crippen LogP contribution is -2.28. The number of anilines is 1. The molecule has 0 saturated carbocycles. The fraction of sp³-hybridized carbons (Fsp3) is 0.333. The number of amides is 1. The Balaban J connectivity index is 1.91. The van der Waals surface area contributed by atoms with Gasteiger partial charge in [0, 0.05) is 12.2 Å². The van der Waals surface area contributed by atoms with Gasteiger partial charge in [-0.2, -0.15) is 0 Å². The maximum Gasteiger partial charge on any atom is 0.337 e. The van der Waals surface area contributed by atoms with Gasteiger partial charge in [-0.15, -0.1) is 5.10 Å². The highest BCUT2D eigenvalue weighted by atomic mass is 32.1. The summed E-state index contributed by atoms with van der Waals surface area (Å²) in [7, 11) is 1.36. The fourth-order valence-electron chi connectivity index (χ4n) is 2.58. The molecule has 22 heavy (non-hydrogen) atoms. The lowest BCUT2D eigenvalue weighted by Gasteiger charge is -2.16. The van der Waals surface area contributed by atoms with Crippen molar-refractivity contribution >= 4 is 29.1 Å². The molecule has 3 rings (SSSR count). The predicted molar refractivity (Wildman–Crippen MR) is 82.4 cm³/mol. The third-order valence-corrected chi connectivity index (χ3v) is 4.48. The van der Waals surface area contributed by atoms with Crippen molar-refractivity contribution in [1.82, 2.24) is 9.59 Å². The van der Waals surface area contributed by atoms with E-state index in [2.05, 4.69) is 9.59 Å². The molecule has 2 heterocycles. The molecule has 1 aromatic carbocycles. The van der Waals surface area contributed by atoms with Gasteiger partial charge in [0.15, 0.2) is 0 Å². The number of carbonyl (C=O) groups is 2. The van der Waals surface area contributed by atoms with E-state index in [-0.39, 0.29) is 11.9 Å². The van der Waals surface area contributed by atoms with Gasteiger partial charge < -0.3 is 9.64 Å². The third kappa shape index (κ3) is 2.37. The zero-order chi connectivity index (χ0) is 15.7. The number of fused-ring (bicyclic) bond motifs is 1. The molecule has 1 aliphatic rings. The normalized spacial score (nSPS) is 13.1. The summed E-state index contributed by atoms with van der Waals surface area (Å²) in [6.45, 7) is 2.55. The van der Waals surface area contributed by atoms with Crippen molar-refractivity contribution in [3.05, 3.63) is 39.9 Å². The van der Waals surface area contributed by atoms with E-state index in [4.69, 9.17) is 4.74 Å². The highest BCUT2D eigenvalue weighted by Crippen LogP contribution is 2.31. The number of benzene rings is 1. The minimum absolute atomic E-state index is 0.0728. The summed E-state index contributed by atoms with van der Waals surface area (Å²) >= 11 is 1.13. The van der Waals surface area contributed by atoms with E-state index in [1.54, 1.807) is 23.1 Å². The summed E-state index contributed by atoms with van der Waals surface area (Å²) < 4.78 is 8.60. The van der Waals surface area contributed by atoms with Gasteiger partial charge >= 0.3 is 5.97 Å². The molecule has 1 aliphatic heterocycles. The monoisotopic (exact) mass is 317 g/mol. The highest BCUT2D eigenvalue weighted by Gasteiger charge is 2.29. The molecule has 0 bridgehead atoms. The molecule has 0 atom stereocenters. The quantitative estimate of drug-likeness (QED) is 0.811.